The molecule has 21 heavy (non-hydrogen) atoms. The maximum absolute atomic E-state index is 11.9. The van der Waals surface area contributed by atoms with Gasteiger partial charge < -0.3 is 15.5 Å². The lowest BCUT2D eigenvalue weighted by Gasteiger charge is -2.34. The van der Waals surface area contributed by atoms with E-state index in [1.54, 1.807) is 0 Å². The van der Waals surface area contributed by atoms with Crippen LogP contribution in [0.2, 0.25) is 0 Å². The Kier molecular flexibility index (Phi) is 7.63. The van der Waals surface area contributed by atoms with Gasteiger partial charge in [-0.3, -0.25) is 14.6 Å². The van der Waals surface area contributed by atoms with E-state index in [1.165, 1.54) is 0 Å². The van der Waals surface area contributed by atoms with Crippen LogP contribution in [0.3, 0.4) is 0 Å². The van der Waals surface area contributed by atoms with Crippen LogP contribution in [0, 0.1) is 5.92 Å². The number of aliphatic hydroxyl groups excluding tert-OH is 1. The summed E-state index contributed by atoms with van der Waals surface area (Å²) in [6.45, 7) is 8.07. The summed E-state index contributed by atoms with van der Waals surface area (Å²) in [7, 11) is 0. The number of rotatable bonds is 8. The highest BCUT2D eigenvalue weighted by Crippen LogP contribution is 2.05. The maximum atomic E-state index is 11.9. The number of nitrogens with one attached hydrogen (secondary N) is 1. The molecule has 0 bridgehead atoms. The van der Waals surface area contributed by atoms with Gasteiger partial charge in [-0.15, -0.1) is 0 Å². The van der Waals surface area contributed by atoms with Crippen molar-refractivity contribution in [3.05, 3.63) is 0 Å². The molecule has 0 saturated carbocycles. The van der Waals surface area contributed by atoms with E-state index in [0.29, 0.717) is 13.0 Å². The second-order valence-corrected chi connectivity index (χ2v) is 5.93. The molecule has 1 fully saturated rings. The van der Waals surface area contributed by atoms with E-state index < -0.39 is 12.0 Å². The third-order valence-corrected chi connectivity index (χ3v) is 3.59. The van der Waals surface area contributed by atoms with Gasteiger partial charge in [-0.05, 0) is 12.3 Å². The van der Waals surface area contributed by atoms with E-state index in [1.807, 2.05) is 18.7 Å². The molecule has 1 aliphatic rings. The third kappa shape index (κ3) is 6.88. The Balaban J connectivity index is 2.34. The number of aliphatic carboxylic acids is 1. The van der Waals surface area contributed by atoms with E-state index >= 15 is 0 Å². The summed E-state index contributed by atoms with van der Waals surface area (Å²) in [5.41, 5.74) is 0. The van der Waals surface area contributed by atoms with Crippen molar-refractivity contribution < 1.29 is 19.8 Å². The van der Waals surface area contributed by atoms with Crippen molar-refractivity contribution in [2.75, 3.05) is 45.9 Å². The van der Waals surface area contributed by atoms with Crippen molar-refractivity contribution in [1.29, 1.82) is 0 Å². The van der Waals surface area contributed by atoms with Crippen molar-refractivity contribution in [1.82, 2.24) is 15.1 Å². The highest BCUT2D eigenvalue weighted by molar-refractivity contribution is 5.84. The Morgan fingerprint density at radius 2 is 1.71 bits per heavy atom. The number of piperazine rings is 1. The Bertz CT molecular complexity index is 341. The minimum absolute atomic E-state index is 0.149. The van der Waals surface area contributed by atoms with E-state index in [4.69, 9.17) is 10.2 Å². The van der Waals surface area contributed by atoms with Crippen molar-refractivity contribution in [2.45, 2.75) is 26.3 Å². The van der Waals surface area contributed by atoms with Crippen LogP contribution in [-0.4, -0.2) is 83.8 Å². The first-order chi connectivity index (χ1) is 9.92. The molecule has 0 aromatic heterocycles. The number of β-amino-alcohol motifs (C(OH)–C–C–N with tert-alkyl or cyclic N) is 1. The van der Waals surface area contributed by atoms with Gasteiger partial charge in [0.2, 0.25) is 5.91 Å². The number of amides is 1. The number of hydrogen-bond donors (Lipinski definition) is 3. The summed E-state index contributed by atoms with van der Waals surface area (Å²) < 4.78 is 0. The molecule has 0 aromatic carbocycles. The molecule has 1 atom stereocenters. The lowest BCUT2D eigenvalue weighted by Crippen LogP contribution is -2.51. The number of carboxylic acid groups (broad SMARTS) is 1. The van der Waals surface area contributed by atoms with Crippen LogP contribution in [0.4, 0.5) is 0 Å². The van der Waals surface area contributed by atoms with Crippen LogP contribution in [0.15, 0.2) is 0 Å². The molecule has 7 heteroatoms. The zero-order valence-corrected chi connectivity index (χ0v) is 12.9. The molecule has 1 heterocycles. The highest BCUT2D eigenvalue weighted by Gasteiger charge is 2.23. The van der Waals surface area contributed by atoms with Crippen molar-refractivity contribution >= 4 is 11.9 Å². The van der Waals surface area contributed by atoms with Gasteiger partial charge in [0.05, 0.1) is 13.2 Å². The molecular formula is C14H27N3O4. The molecule has 7 nitrogen and oxygen atoms in total. The van der Waals surface area contributed by atoms with E-state index in [0.717, 1.165) is 26.2 Å². The van der Waals surface area contributed by atoms with Gasteiger partial charge in [0.15, 0.2) is 0 Å². The minimum Gasteiger partial charge on any atom is -0.480 e. The number of aliphatic hydroxyl groups is 1. The van der Waals surface area contributed by atoms with Crippen LogP contribution in [0.25, 0.3) is 0 Å². The largest absolute Gasteiger partial charge is 0.480 e. The highest BCUT2D eigenvalue weighted by atomic mass is 16.4. The summed E-state index contributed by atoms with van der Waals surface area (Å²) in [5, 5.41) is 20.6. The molecule has 1 unspecified atom stereocenters. The zero-order chi connectivity index (χ0) is 15.8. The number of carbonyl (C=O) groups excluding carboxylic acids is 1. The van der Waals surface area contributed by atoms with Crippen LogP contribution in [0.5, 0.6) is 0 Å². The van der Waals surface area contributed by atoms with E-state index in [2.05, 4.69) is 10.2 Å². The Labute approximate surface area is 125 Å². The van der Waals surface area contributed by atoms with Crippen LogP contribution < -0.4 is 5.32 Å². The fourth-order valence-corrected chi connectivity index (χ4v) is 2.45. The van der Waals surface area contributed by atoms with Crippen molar-refractivity contribution in [3.8, 4) is 0 Å². The second kappa shape index (κ2) is 8.96. The number of carbonyl (C=O) groups is 2. The first-order valence-corrected chi connectivity index (χ1v) is 7.50. The minimum atomic E-state index is -0.982. The monoisotopic (exact) mass is 301 g/mol. The normalized spacial score (nSPS) is 18.7. The Hall–Kier alpha value is -1.18. The molecule has 0 aromatic rings. The molecule has 1 rings (SSSR count). The summed E-state index contributed by atoms with van der Waals surface area (Å²) in [4.78, 5) is 27.2. The second-order valence-electron chi connectivity index (χ2n) is 5.93. The third-order valence-electron chi connectivity index (χ3n) is 3.59. The standard InChI is InChI=1S/C14H27N3O4/c1-11(2)9-12(14(20)21)15-13(19)10-17-5-3-16(4-6-17)7-8-18/h11-12,18H,3-10H2,1-2H3,(H,15,19)(H,20,21). The van der Waals surface area contributed by atoms with Crippen LogP contribution >= 0.6 is 0 Å². The van der Waals surface area contributed by atoms with E-state index in [9.17, 15) is 9.59 Å². The van der Waals surface area contributed by atoms with Crippen LogP contribution in [-0.2, 0) is 9.59 Å². The topological polar surface area (TPSA) is 93.1 Å². The van der Waals surface area contributed by atoms with E-state index in [-0.39, 0.29) is 25.0 Å². The number of hydrogen-bond acceptors (Lipinski definition) is 5. The first kappa shape index (κ1) is 17.9. The van der Waals surface area contributed by atoms with Crippen molar-refractivity contribution in [2.24, 2.45) is 5.92 Å². The maximum Gasteiger partial charge on any atom is 0.326 e. The van der Waals surface area contributed by atoms with Gasteiger partial charge in [-0.25, -0.2) is 4.79 Å². The summed E-state index contributed by atoms with van der Waals surface area (Å²) in [5.74, 6) is -1.00. The molecule has 0 radical (unpaired) electrons. The summed E-state index contributed by atoms with van der Waals surface area (Å²) in [6, 6.07) is -0.812. The molecule has 122 valence electrons. The quantitative estimate of drug-likeness (QED) is 0.544. The van der Waals surface area contributed by atoms with Gasteiger partial charge in [-0.1, -0.05) is 13.8 Å². The lowest BCUT2D eigenvalue weighted by molar-refractivity contribution is -0.142. The number of carboxylic acids is 1. The predicted octanol–water partition coefficient (Wildman–Crippen LogP) is -0.788. The summed E-state index contributed by atoms with van der Waals surface area (Å²) in [6.07, 6.45) is 0.436. The van der Waals surface area contributed by atoms with Gasteiger partial charge in [0.25, 0.3) is 0 Å². The van der Waals surface area contributed by atoms with Gasteiger partial charge in [-0.2, -0.15) is 0 Å². The molecule has 0 spiro atoms. The molecular weight excluding hydrogens is 274 g/mol. The Morgan fingerprint density at radius 1 is 1.14 bits per heavy atom. The van der Waals surface area contributed by atoms with Gasteiger partial charge in [0.1, 0.15) is 6.04 Å². The fourth-order valence-electron chi connectivity index (χ4n) is 2.45. The molecule has 1 aliphatic heterocycles. The molecule has 1 saturated heterocycles. The fraction of sp³-hybridized carbons (Fsp3) is 0.857. The predicted molar refractivity (Wildman–Crippen MR) is 79.0 cm³/mol. The first-order valence-electron chi connectivity index (χ1n) is 7.50. The smallest absolute Gasteiger partial charge is 0.326 e. The molecule has 0 aliphatic carbocycles. The summed E-state index contributed by atoms with van der Waals surface area (Å²) >= 11 is 0. The van der Waals surface area contributed by atoms with Crippen molar-refractivity contribution in [3.63, 3.8) is 0 Å². The zero-order valence-electron chi connectivity index (χ0n) is 12.9. The SMILES string of the molecule is CC(C)CC(NC(=O)CN1CCN(CCO)CC1)C(=O)O. The average molecular weight is 301 g/mol. The van der Waals surface area contributed by atoms with Gasteiger partial charge >= 0.3 is 5.97 Å². The van der Waals surface area contributed by atoms with Gasteiger partial charge in [0, 0.05) is 32.7 Å². The number of nitrogens with zero attached hydrogens (tertiary/aromatic N) is 2. The lowest BCUT2D eigenvalue weighted by atomic mass is 10.0. The van der Waals surface area contributed by atoms with Crippen LogP contribution in [0.1, 0.15) is 20.3 Å². The molecule has 3 N–H and O–H groups in total. The Morgan fingerprint density at radius 3 is 2.19 bits per heavy atom. The average Bonchev–Trinajstić information content (AvgIpc) is 2.40. The molecule has 1 amide bonds.